The Kier molecular flexibility index (Phi) is 2.54. The van der Waals surface area contributed by atoms with Crippen LogP contribution in [0, 0.1) is 0 Å². The molecule has 0 saturated carbocycles. The number of aromatic nitrogens is 2. The van der Waals surface area contributed by atoms with E-state index in [0.29, 0.717) is 5.92 Å². The Morgan fingerprint density at radius 1 is 1.36 bits per heavy atom. The van der Waals surface area contributed by atoms with Crippen LogP contribution in [0.5, 0.6) is 0 Å². The van der Waals surface area contributed by atoms with Gasteiger partial charge in [0.15, 0.2) is 0 Å². The first-order valence-corrected chi connectivity index (χ1v) is 3.65. The first-order valence-electron chi connectivity index (χ1n) is 3.65. The van der Waals surface area contributed by atoms with Gasteiger partial charge in [-0.25, -0.2) is 9.97 Å². The molecule has 1 N–H and O–H groups in total. The van der Waals surface area contributed by atoms with Gasteiger partial charge in [0.05, 0.1) is 6.61 Å². The molecule has 3 nitrogen and oxygen atoms in total. The SMILES string of the molecule is CC(C)c1ncc(CO)cn1. The topological polar surface area (TPSA) is 46.0 Å². The van der Waals surface area contributed by atoms with E-state index in [0.717, 1.165) is 11.4 Å². The fourth-order valence-corrected chi connectivity index (χ4v) is 0.745. The largest absolute Gasteiger partial charge is 0.392 e. The molecule has 1 aromatic rings. The third-order valence-electron chi connectivity index (χ3n) is 1.42. The molecule has 0 aliphatic heterocycles. The van der Waals surface area contributed by atoms with Gasteiger partial charge in [-0.2, -0.15) is 0 Å². The molecule has 1 aromatic heterocycles. The van der Waals surface area contributed by atoms with Crippen molar-refractivity contribution in [3.05, 3.63) is 23.8 Å². The predicted molar refractivity (Wildman–Crippen MR) is 42.0 cm³/mol. The first kappa shape index (κ1) is 8.14. The maximum Gasteiger partial charge on any atom is 0.130 e. The Morgan fingerprint density at radius 3 is 2.27 bits per heavy atom. The van der Waals surface area contributed by atoms with Crippen molar-refractivity contribution in [1.29, 1.82) is 0 Å². The average molecular weight is 152 g/mol. The molecule has 0 bridgehead atoms. The van der Waals surface area contributed by atoms with Crippen molar-refractivity contribution in [3.63, 3.8) is 0 Å². The lowest BCUT2D eigenvalue weighted by Gasteiger charge is -2.02. The van der Waals surface area contributed by atoms with Crippen LogP contribution in [0.4, 0.5) is 0 Å². The van der Waals surface area contributed by atoms with Crippen LogP contribution in [0.1, 0.15) is 31.2 Å². The van der Waals surface area contributed by atoms with E-state index in [1.165, 1.54) is 0 Å². The summed E-state index contributed by atoms with van der Waals surface area (Å²) in [5.74, 6) is 1.17. The van der Waals surface area contributed by atoms with Crippen LogP contribution >= 0.6 is 0 Å². The van der Waals surface area contributed by atoms with Crippen molar-refractivity contribution in [3.8, 4) is 0 Å². The third-order valence-corrected chi connectivity index (χ3v) is 1.42. The van der Waals surface area contributed by atoms with Gasteiger partial charge in [-0.15, -0.1) is 0 Å². The molecule has 60 valence electrons. The molecule has 0 fully saturated rings. The van der Waals surface area contributed by atoms with Crippen molar-refractivity contribution < 1.29 is 5.11 Å². The zero-order valence-corrected chi connectivity index (χ0v) is 6.78. The Balaban J connectivity index is 2.83. The van der Waals surface area contributed by atoms with Gasteiger partial charge < -0.3 is 5.11 Å². The minimum atomic E-state index is 0.0123. The zero-order chi connectivity index (χ0) is 8.27. The van der Waals surface area contributed by atoms with Crippen molar-refractivity contribution >= 4 is 0 Å². The Morgan fingerprint density at radius 2 is 1.91 bits per heavy atom. The van der Waals surface area contributed by atoms with E-state index in [1.54, 1.807) is 12.4 Å². The highest BCUT2D eigenvalue weighted by Gasteiger charge is 2.00. The number of aliphatic hydroxyl groups is 1. The Labute approximate surface area is 66.1 Å². The molecule has 0 saturated heterocycles. The maximum atomic E-state index is 8.69. The molecule has 0 aliphatic carbocycles. The molecule has 0 radical (unpaired) electrons. The van der Waals surface area contributed by atoms with Crippen LogP contribution in [-0.2, 0) is 6.61 Å². The second-order valence-corrected chi connectivity index (χ2v) is 2.76. The molecule has 3 heteroatoms. The molecule has 0 unspecified atom stereocenters. The van der Waals surface area contributed by atoms with Gasteiger partial charge in [0.2, 0.25) is 0 Å². The predicted octanol–water partition coefficient (Wildman–Crippen LogP) is 1.09. The molecular formula is C8H12N2O. The number of rotatable bonds is 2. The van der Waals surface area contributed by atoms with E-state index in [2.05, 4.69) is 9.97 Å². The lowest BCUT2D eigenvalue weighted by Crippen LogP contribution is -1.97. The number of hydrogen-bond acceptors (Lipinski definition) is 3. The zero-order valence-electron chi connectivity index (χ0n) is 6.78. The van der Waals surface area contributed by atoms with E-state index < -0.39 is 0 Å². The smallest absolute Gasteiger partial charge is 0.130 e. The molecule has 0 amide bonds. The summed E-state index contributed by atoms with van der Waals surface area (Å²) in [4.78, 5) is 8.16. The van der Waals surface area contributed by atoms with Crippen LogP contribution in [0.3, 0.4) is 0 Å². The normalized spacial score (nSPS) is 10.5. The second-order valence-electron chi connectivity index (χ2n) is 2.76. The van der Waals surface area contributed by atoms with Gasteiger partial charge in [-0.3, -0.25) is 0 Å². The van der Waals surface area contributed by atoms with Crippen LogP contribution in [-0.4, -0.2) is 15.1 Å². The van der Waals surface area contributed by atoms with E-state index >= 15 is 0 Å². The highest BCUT2D eigenvalue weighted by atomic mass is 16.3. The van der Waals surface area contributed by atoms with Crippen LogP contribution in [0.15, 0.2) is 12.4 Å². The van der Waals surface area contributed by atoms with Gasteiger partial charge in [0.25, 0.3) is 0 Å². The Hall–Kier alpha value is -0.960. The molecular weight excluding hydrogens is 140 g/mol. The van der Waals surface area contributed by atoms with Crippen LogP contribution in [0.25, 0.3) is 0 Å². The summed E-state index contributed by atoms with van der Waals surface area (Å²) >= 11 is 0. The summed E-state index contributed by atoms with van der Waals surface area (Å²) in [5.41, 5.74) is 0.759. The summed E-state index contributed by atoms with van der Waals surface area (Å²) < 4.78 is 0. The number of aliphatic hydroxyl groups excluding tert-OH is 1. The summed E-state index contributed by atoms with van der Waals surface area (Å²) in [6, 6.07) is 0. The average Bonchev–Trinajstić information content (AvgIpc) is 2.05. The van der Waals surface area contributed by atoms with Gasteiger partial charge in [0, 0.05) is 23.9 Å². The maximum absolute atomic E-state index is 8.69. The minimum absolute atomic E-state index is 0.0123. The summed E-state index contributed by atoms with van der Waals surface area (Å²) in [7, 11) is 0. The van der Waals surface area contributed by atoms with E-state index in [-0.39, 0.29) is 6.61 Å². The number of nitrogens with zero attached hydrogens (tertiary/aromatic N) is 2. The van der Waals surface area contributed by atoms with Crippen LogP contribution < -0.4 is 0 Å². The van der Waals surface area contributed by atoms with Crippen molar-refractivity contribution in [2.24, 2.45) is 0 Å². The van der Waals surface area contributed by atoms with Gasteiger partial charge >= 0.3 is 0 Å². The second kappa shape index (κ2) is 3.44. The highest BCUT2D eigenvalue weighted by Crippen LogP contribution is 2.07. The molecule has 0 atom stereocenters. The summed E-state index contributed by atoms with van der Waals surface area (Å²) in [6.45, 7) is 4.08. The molecule has 1 rings (SSSR count). The molecule has 0 spiro atoms. The van der Waals surface area contributed by atoms with Crippen LogP contribution in [0.2, 0.25) is 0 Å². The van der Waals surface area contributed by atoms with E-state index in [1.807, 2.05) is 13.8 Å². The molecule has 0 aromatic carbocycles. The fraction of sp³-hybridized carbons (Fsp3) is 0.500. The summed E-state index contributed by atoms with van der Waals surface area (Å²) in [6.07, 6.45) is 3.31. The molecule has 1 heterocycles. The van der Waals surface area contributed by atoms with Crippen molar-refractivity contribution in [1.82, 2.24) is 9.97 Å². The third kappa shape index (κ3) is 1.98. The standard InChI is InChI=1S/C8H12N2O/c1-6(2)8-9-3-7(5-11)4-10-8/h3-4,6,11H,5H2,1-2H3. The van der Waals surface area contributed by atoms with Crippen molar-refractivity contribution in [2.75, 3.05) is 0 Å². The first-order chi connectivity index (χ1) is 5.24. The highest BCUT2D eigenvalue weighted by molar-refractivity contribution is 5.04. The minimum Gasteiger partial charge on any atom is -0.392 e. The monoisotopic (exact) mass is 152 g/mol. The molecule has 11 heavy (non-hydrogen) atoms. The van der Waals surface area contributed by atoms with E-state index in [9.17, 15) is 0 Å². The Bertz CT molecular complexity index is 218. The van der Waals surface area contributed by atoms with Gasteiger partial charge in [0.1, 0.15) is 5.82 Å². The van der Waals surface area contributed by atoms with Crippen molar-refractivity contribution in [2.45, 2.75) is 26.4 Å². The summed E-state index contributed by atoms with van der Waals surface area (Å²) in [5, 5.41) is 8.69. The van der Waals surface area contributed by atoms with E-state index in [4.69, 9.17) is 5.11 Å². The number of hydrogen-bond donors (Lipinski definition) is 1. The lowest BCUT2D eigenvalue weighted by molar-refractivity contribution is 0.280. The molecule has 0 aliphatic rings. The van der Waals surface area contributed by atoms with Gasteiger partial charge in [-0.1, -0.05) is 13.8 Å². The lowest BCUT2D eigenvalue weighted by atomic mass is 10.2. The van der Waals surface area contributed by atoms with Gasteiger partial charge in [-0.05, 0) is 0 Å². The quantitative estimate of drug-likeness (QED) is 0.690. The fourth-order valence-electron chi connectivity index (χ4n) is 0.745.